The van der Waals surface area contributed by atoms with Crippen LogP contribution in [0.25, 0.3) is 0 Å². The summed E-state index contributed by atoms with van der Waals surface area (Å²) in [7, 11) is 0. The minimum absolute atomic E-state index is 1.01. The van der Waals surface area contributed by atoms with Gasteiger partial charge in [-0.3, -0.25) is 0 Å². The van der Waals surface area contributed by atoms with Crippen molar-refractivity contribution < 1.29 is 0 Å². The SMILES string of the molecule is CCC1CCN(CCNCC2CC2)CC1. The van der Waals surface area contributed by atoms with E-state index in [4.69, 9.17) is 0 Å². The molecule has 0 aromatic heterocycles. The monoisotopic (exact) mass is 210 g/mol. The molecule has 0 aromatic carbocycles. The molecule has 2 nitrogen and oxygen atoms in total. The molecule has 0 bridgehead atoms. The first-order valence-corrected chi connectivity index (χ1v) is 6.81. The van der Waals surface area contributed by atoms with Gasteiger partial charge in [0.1, 0.15) is 0 Å². The molecule has 1 aliphatic heterocycles. The molecule has 0 aromatic rings. The van der Waals surface area contributed by atoms with Gasteiger partial charge in [0.2, 0.25) is 0 Å². The predicted molar refractivity (Wildman–Crippen MR) is 65.0 cm³/mol. The van der Waals surface area contributed by atoms with Gasteiger partial charge in [-0.25, -0.2) is 0 Å². The fourth-order valence-corrected chi connectivity index (χ4v) is 2.48. The van der Waals surface area contributed by atoms with E-state index in [1.54, 1.807) is 0 Å². The number of likely N-dealkylation sites (tertiary alicyclic amines) is 1. The molecule has 88 valence electrons. The maximum absolute atomic E-state index is 3.58. The number of rotatable bonds is 6. The van der Waals surface area contributed by atoms with Crippen molar-refractivity contribution in [3.8, 4) is 0 Å². The fourth-order valence-electron chi connectivity index (χ4n) is 2.48. The minimum Gasteiger partial charge on any atom is -0.315 e. The maximum Gasteiger partial charge on any atom is 0.0107 e. The van der Waals surface area contributed by atoms with Crippen molar-refractivity contribution in [2.75, 3.05) is 32.7 Å². The molecule has 0 unspecified atom stereocenters. The quantitative estimate of drug-likeness (QED) is 0.676. The normalized spacial score (nSPS) is 24.6. The summed E-state index contributed by atoms with van der Waals surface area (Å²) < 4.78 is 0. The smallest absolute Gasteiger partial charge is 0.0107 e. The molecule has 2 fully saturated rings. The second-order valence-corrected chi connectivity index (χ2v) is 5.34. The number of nitrogens with one attached hydrogen (secondary N) is 1. The Hall–Kier alpha value is -0.0800. The van der Waals surface area contributed by atoms with Gasteiger partial charge in [0.05, 0.1) is 0 Å². The molecule has 1 N–H and O–H groups in total. The molecule has 2 heteroatoms. The Morgan fingerprint density at radius 2 is 1.80 bits per heavy atom. The average molecular weight is 210 g/mol. The van der Waals surface area contributed by atoms with E-state index >= 15 is 0 Å². The number of nitrogens with zero attached hydrogens (tertiary/aromatic N) is 1. The largest absolute Gasteiger partial charge is 0.315 e. The third-order valence-electron chi connectivity index (χ3n) is 4.02. The first-order valence-electron chi connectivity index (χ1n) is 6.81. The van der Waals surface area contributed by atoms with Crippen LogP contribution in [-0.2, 0) is 0 Å². The third kappa shape index (κ3) is 4.12. The fraction of sp³-hybridized carbons (Fsp3) is 1.00. The second kappa shape index (κ2) is 5.86. The minimum atomic E-state index is 1.01. The molecule has 0 radical (unpaired) electrons. The lowest BCUT2D eigenvalue weighted by Gasteiger charge is -2.31. The summed E-state index contributed by atoms with van der Waals surface area (Å²) in [5.41, 5.74) is 0. The lowest BCUT2D eigenvalue weighted by atomic mass is 9.94. The van der Waals surface area contributed by atoms with Crippen LogP contribution in [0.1, 0.15) is 39.0 Å². The molecular formula is C13H26N2. The molecule has 2 rings (SSSR count). The number of hydrogen-bond donors (Lipinski definition) is 1. The van der Waals surface area contributed by atoms with Crippen molar-refractivity contribution in [2.24, 2.45) is 11.8 Å². The van der Waals surface area contributed by atoms with Crippen LogP contribution in [0.5, 0.6) is 0 Å². The highest BCUT2D eigenvalue weighted by molar-refractivity contribution is 4.76. The summed E-state index contributed by atoms with van der Waals surface area (Å²) in [5, 5.41) is 3.58. The van der Waals surface area contributed by atoms with Gasteiger partial charge in [0, 0.05) is 13.1 Å². The number of hydrogen-bond acceptors (Lipinski definition) is 2. The lowest BCUT2D eigenvalue weighted by Crippen LogP contribution is -2.38. The van der Waals surface area contributed by atoms with Crippen molar-refractivity contribution in [3.05, 3.63) is 0 Å². The summed E-state index contributed by atoms with van der Waals surface area (Å²) >= 11 is 0. The summed E-state index contributed by atoms with van der Waals surface area (Å²) in [6.45, 7) is 8.74. The highest BCUT2D eigenvalue weighted by Crippen LogP contribution is 2.27. The second-order valence-electron chi connectivity index (χ2n) is 5.34. The van der Waals surface area contributed by atoms with E-state index in [1.807, 2.05) is 0 Å². The first-order chi connectivity index (χ1) is 7.38. The Kier molecular flexibility index (Phi) is 4.45. The summed E-state index contributed by atoms with van der Waals surface area (Å²) in [6, 6.07) is 0. The van der Waals surface area contributed by atoms with E-state index in [0.717, 1.165) is 11.8 Å². The van der Waals surface area contributed by atoms with Crippen LogP contribution in [-0.4, -0.2) is 37.6 Å². The molecule has 0 amide bonds. The van der Waals surface area contributed by atoms with E-state index in [9.17, 15) is 0 Å². The molecule has 1 saturated heterocycles. The third-order valence-corrected chi connectivity index (χ3v) is 4.02. The molecule has 1 aliphatic carbocycles. The summed E-state index contributed by atoms with van der Waals surface area (Å²) in [5.74, 6) is 2.04. The van der Waals surface area contributed by atoms with Gasteiger partial charge in [-0.2, -0.15) is 0 Å². The van der Waals surface area contributed by atoms with Crippen LogP contribution in [0.4, 0.5) is 0 Å². The van der Waals surface area contributed by atoms with E-state index in [0.29, 0.717) is 0 Å². The van der Waals surface area contributed by atoms with Gasteiger partial charge in [-0.15, -0.1) is 0 Å². The molecule has 2 aliphatic rings. The highest BCUT2D eigenvalue weighted by Gasteiger charge is 2.20. The standard InChI is InChI=1S/C13H26N2/c1-2-12-5-8-15(9-6-12)10-7-14-11-13-3-4-13/h12-14H,2-11H2,1H3. The molecule has 0 spiro atoms. The molecule has 1 heterocycles. The Labute approximate surface area is 94.4 Å². The van der Waals surface area contributed by atoms with Crippen molar-refractivity contribution >= 4 is 0 Å². The van der Waals surface area contributed by atoms with E-state index in [1.165, 1.54) is 64.8 Å². The van der Waals surface area contributed by atoms with Gasteiger partial charge in [0.25, 0.3) is 0 Å². The molecule has 15 heavy (non-hydrogen) atoms. The van der Waals surface area contributed by atoms with E-state index in [2.05, 4.69) is 17.1 Å². The van der Waals surface area contributed by atoms with Gasteiger partial charge in [-0.1, -0.05) is 13.3 Å². The van der Waals surface area contributed by atoms with Crippen LogP contribution in [0, 0.1) is 11.8 Å². The zero-order valence-electron chi connectivity index (χ0n) is 10.2. The Morgan fingerprint density at radius 1 is 1.07 bits per heavy atom. The molecule has 1 saturated carbocycles. The zero-order chi connectivity index (χ0) is 10.5. The maximum atomic E-state index is 3.58. The predicted octanol–water partition coefficient (Wildman–Crippen LogP) is 2.11. The van der Waals surface area contributed by atoms with Crippen LogP contribution in [0.2, 0.25) is 0 Å². The van der Waals surface area contributed by atoms with Crippen molar-refractivity contribution in [3.63, 3.8) is 0 Å². The van der Waals surface area contributed by atoms with E-state index in [-0.39, 0.29) is 0 Å². The van der Waals surface area contributed by atoms with Gasteiger partial charge >= 0.3 is 0 Å². The Morgan fingerprint density at radius 3 is 2.40 bits per heavy atom. The summed E-state index contributed by atoms with van der Waals surface area (Å²) in [6.07, 6.45) is 7.18. The van der Waals surface area contributed by atoms with Gasteiger partial charge < -0.3 is 10.2 Å². The average Bonchev–Trinajstić information content (AvgIpc) is 3.09. The highest BCUT2D eigenvalue weighted by atomic mass is 15.1. The van der Waals surface area contributed by atoms with Gasteiger partial charge in [0.15, 0.2) is 0 Å². The topological polar surface area (TPSA) is 15.3 Å². The van der Waals surface area contributed by atoms with Crippen LogP contribution in [0.15, 0.2) is 0 Å². The molecular weight excluding hydrogens is 184 g/mol. The molecule has 0 atom stereocenters. The van der Waals surface area contributed by atoms with Gasteiger partial charge in [-0.05, 0) is 57.2 Å². The zero-order valence-corrected chi connectivity index (χ0v) is 10.2. The van der Waals surface area contributed by atoms with Crippen LogP contribution >= 0.6 is 0 Å². The van der Waals surface area contributed by atoms with E-state index < -0.39 is 0 Å². The summed E-state index contributed by atoms with van der Waals surface area (Å²) in [4.78, 5) is 2.63. The van der Waals surface area contributed by atoms with Crippen molar-refractivity contribution in [1.29, 1.82) is 0 Å². The first kappa shape index (κ1) is 11.4. The Balaban J connectivity index is 1.48. The van der Waals surface area contributed by atoms with Crippen molar-refractivity contribution in [2.45, 2.75) is 39.0 Å². The number of piperidine rings is 1. The van der Waals surface area contributed by atoms with Crippen LogP contribution < -0.4 is 5.32 Å². The van der Waals surface area contributed by atoms with Crippen LogP contribution in [0.3, 0.4) is 0 Å². The Bertz CT molecular complexity index is 169. The van der Waals surface area contributed by atoms with Crippen molar-refractivity contribution in [1.82, 2.24) is 10.2 Å². The lowest BCUT2D eigenvalue weighted by molar-refractivity contribution is 0.182.